The van der Waals surface area contributed by atoms with Crippen molar-refractivity contribution in [2.24, 2.45) is 0 Å². The van der Waals surface area contributed by atoms with E-state index in [2.05, 4.69) is 11.3 Å². The molecule has 0 saturated heterocycles. The van der Waals surface area contributed by atoms with E-state index in [0.29, 0.717) is 0 Å². The van der Waals surface area contributed by atoms with Gasteiger partial charge in [-0.25, -0.2) is 14.0 Å². The van der Waals surface area contributed by atoms with Crippen molar-refractivity contribution in [3.63, 3.8) is 0 Å². The van der Waals surface area contributed by atoms with Gasteiger partial charge in [0.1, 0.15) is 5.75 Å². The van der Waals surface area contributed by atoms with E-state index in [1.807, 2.05) is 30.3 Å². The minimum absolute atomic E-state index is 0.00335. The summed E-state index contributed by atoms with van der Waals surface area (Å²) in [6.45, 7) is 3.21. The Morgan fingerprint density at radius 2 is 1.74 bits per heavy atom. The van der Waals surface area contributed by atoms with Crippen molar-refractivity contribution < 1.29 is 23.5 Å². The monoisotopic (exact) mass is 312 g/mol. The molecule has 0 aliphatic carbocycles. The summed E-state index contributed by atoms with van der Waals surface area (Å²) in [7, 11) is 0. The second-order valence-corrected chi connectivity index (χ2v) is 4.38. The highest BCUT2D eigenvalue weighted by Crippen LogP contribution is 2.23. The quantitative estimate of drug-likeness (QED) is 0.481. The Hall–Kier alpha value is -3.21. The van der Waals surface area contributed by atoms with E-state index >= 15 is 0 Å². The molecule has 0 N–H and O–H groups in total. The Morgan fingerprint density at radius 3 is 2.39 bits per heavy atom. The number of rotatable bonds is 5. The number of ether oxygens (including phenoxy) is 2. The standard InChI is InChI=1S/C18H13FO4/c1-2-17(20)23-16-10-9-14(12-15(16)19)22-18(21)11-8-13-6-4-3-5-7-13/h2-12H,1H2/b11-8+. The molecule has 0 aliphatic rings. The summed E-state index contributed by atoms with van der Waals surface area (Å²) in [4.78, 5) is 22.7. The fourth-order valence-corrected chi connectivity index (χ4v) is 1.66. The summed E-state index contributed by atoms with van der Waals surface area (Å²) in [6.07, 6.45) is 3.74. The van der Waals surface area contributed by atoms with Gasteiger partial charge in [-0.05, 0) is 23.8 Å². The second kappa shape index (κ2) is 7.70. The highest BCUT2D eigenvalue weighted by Gasteiger charge is 2.10. The number of hydrogen-bond donors (Lipinski definition) is 0. The molecule has 2 aromatic carbocycles. The zero-order chi connectivity index (χ0) is 16.7. The van der Waals surface area contributed by atoms with Gasteiger partial charge in [0.2, 0.25) is 0 Å². The van der Waals surface area contributed by atoms with E-state index in [9.17, 15) is 14.0 Å². The molecule has 2 rings (SSSR count). The van der Waals surface area contributed by atoms with Gasteiger partial charge in [-0.3, -0.25) is 0 Å². The molecule has 0 spiro atoms. The first-order chi connectivity index (χ1) is 11.1. The molecular formula is C18H13FO4. The molecule has 116 valence electrons. The highest BCUT2D eigenvalue weighted by atomic mass is 19.1. The molecule has 0 radical (unpaired) electrons. The van der Waals surface area contributed by atoms with Gasteiger partial charge in [-0.15, -0.1) is 0 Å². The third-order valence-electron chi connectivity index (χ3n) is 2.71. The molecule has 23 heavy (non-hydrogen) atoms. The molecule has 0 aromatic heterocycles. The van der Waals surface area contributed by atoms with E-state index in [-0.39, 0.29) is 11.5 Å². The lowest BCUT2D eigenvalue weighted by atomic mass is 10.2. The number of halogens is 1. The van der Waals surface area contributed by atoms with Gasteiger partial charge in [0.05, 0.1) is 0 Å². The van der Waals surface area contributed by atoms with Gasteiger partial charge < -0.3 is 9.47 Å². The number of esters is 2. The molecule has 0 heterocycles. The molecule has 0 aliphatic heterocycles. The zero-order valence-electron chi connectivity index (χ0n) is 12.1. The molecule has 0 saturated carbocycles. The second-order valence-electron chi connectivity index (χ2n) is 4.38. The van der Waals surface area contributed by atoms with Crippen LogP contribution >= 0.6 is 0 Å². The first-order valence-electron chi connectivity index (χ1n) is 6.67. The van der Waals surface area contributed by atoms with Gasteiger partial charge in [-0.2, -0.15) is 0 Å². The first-order valence-corrected chi connectivity index (χ1v) is 6.67. The van der Waals surface area contributed by atoms with Crippen LogP contribution in [-0.2, 0) is 9.59 Å². The van der Waals surface area contributed by atoms with Gasteiger partial charge in [0.25, 0.3) is 0 Å². The topological polar surface area (TPSA) is 52.6 Å². The predicted molar refractivity (Wildman–Crippen MR) is 83.3 cm³/mol. The molecule has 0 unspecified atom stereocenters. The van der Waals surface area contributed by atoms with Crippen molar-refractivity contribution >= 4 is 18.0 Å². The molecule has 5 heteroatoms. The van der Waals surface area contributed by atoms with Crippen molar-refractivity contribution in [3.8, 4) is 11.5 Å². The maximum absolute atomic E-state index is 13.7. The van der Waals surface area contributed by atoms with Crippen molar-refractivity contribution in [3.05, 3.63) is 78.6 Å². The van der Waals surface area contributed by atoms with Gasteiger partial charge >= 0.3 is 11.9 Å². The van der Waals surface area contributed by atoms with Crippen LogP contribution in [0.3, 0.4) is 0 Å². The van der Waals surface area contributed by atoms with Gasteiger partial charge in [0, 0.05) is 18.2 Å². The smallest absolute Gasteiger partial charge is 0.336 e. The Balaban J connectivity index is 2.01. The summed E-state index contributed by atoms with van der Waals surface area (Å²) in [5, 5.41) is 0. The van der Waals surface area contributed by atoms with Crippen molar-refractivity contribution in [1.82, 2.24) is 0 Å². The predicted octanol–water partition coefficient (Wildman–Crippen LogP) is 3.54. The summed E-state index contributed by atoms with van der Waals surface area (Å²) in [5.41, 5.74) is 0.835. The summed E-state index contributed by atoms with van der Waals surface area (Å²) >= 11 is 0. The zero-order valence-corrected chi connectivity index (χ0v) is 12.1. The molecule has 0 bridgehead atoms. The summed E-state index contributed by atoms with van der Waals surface area (Å²) < 4.78 is 23.4. The number of benzene rings is 2. The van der Waals surface area contributed by atoms with Crippen LogP contribution in [0.25, 0.3) is 6.08 Å². The van der Waals surface area contributed by atoms with Gasteiger partial charge in [-0.1, -0.05) is 36.9 Å². The third-order valence-corrected chi connectivity index (χ3v) is 2.71. The van der Waals surface area contributed by atoms with Gasteiger partial charge in [0.15, 0.2) is 11.6 Å². The molecular weight excluding hydrogens is 299 g/mol. The largest absolute Gasteiger partial charge is 0.423 e. The van der Waals surface area contributed by atoms with E-state index in [4.69, 9.17) is 4.74 Å². The molecule has 0 amide bonds. The molecule has 0 fully saturated rings. The average molecular weight is 312 g/mol. The van der Waals surface area contributed by atoms with Crippen LogP contribution in [0.2, 0.25) is 0 Å². The Kier molecular flexibility index (Phi) is 5.41. The fraction of sp³-hybridized carbons (Fsp3) is 0. The van der Waals surface area contributed by atoms with E-state index in [0.717, 1.165) is 17.7 Å². The lowest BCUT2D eigenvalue weighted by molar-refractivity contribution is -0.130. The van der Waals surface area contributed by atoms with Crippen LogP contribution in [0.15, 0.2) is 67.3 Å². The maximum Gasteiger partial charge on any atom is 0.336 e. The number of carbonyl (C=O) groups is 2. The lowest BCUT2D eigenvalue weighted by Gasteiger charge is -2.05. The van der Waals surface area contributed by atoms with Crippen molar-refractivity contribution in [2.45, 2.75) is 0 Å². The molecule has 2 aromatic rings. The highest BCUT2D eigenvalue weighted by molar-refractivity contribution is 5.88. The number of carbonyl (C=O) groups excluding carboxylic acids is 2. The first kappa shape index (κ1) is 16.2. The Morgan fingerprint density at radius 1 is 1.00 bits per heavy atom. The van der Waals surface area contributed by atoms with Crippen molar-refractivity contribution in [1.29, 1.82) is 0 Å². The molecule has 4 nitrogen and oxygen atoms in total. The normalized spacial score (nSPS) is 10.3. The van der Waals surface area contributed by atoms with Crippen LogP contribution in [-0.4, -0.2) is 11.9 Å². The third kappa shape index (κ3) is 4.93. The van der Waals surface area contributed by atoms with Crippen LogP contribution in [0.1, 0.15) is 5.56 Å². The van der Waals surface area contributed by atoms with E-state index in [1.165, 1.54) is 18.2 Å². The SMILES string of the molecule is C=CC(=O)Oc1ccc(OC(=O)/C=C/c2ccccc2)cc1F. The minimum Gasteiger partial charge on any atom is -0.423 e. The van der Waals surface area contributed by atoms with Crippen molar-refractivity contribution in [2.75, 3.05) is 0 Å². The average Bonchev–Trinajstić information content (AvgIpc) is 2.56. The van der Waals surface area contributed by atoms with Crippen LogP contribution in [0.4, 0.5) is 4.39 Å². The lowest BCUT2D eigenvalue weighted by Crippen LogP contribution is -2.06. The fourth-order valence-electron chi connectivity index (χ4n) is 1.66. The maximum atomic E-state index is 13.7. The molecule has 0 atom stereocenters. The summed E-state index contributed by atoms with van der Waals surface area (Å²) in [6, 6.07) is 12.7. The minimum atomic E-state index is -0.822. The Labute approximate surface area is 132 Å². The number of hydrogen-bond acceptors (Lipinski definition) is 4. The Bertz CT molecular complexity index is 751. The van der Waals surface area contributed by atoms with Crippen LogP contribution in [0.5, 0.6) is 11.5 Å². The summed E-state index contributed by atoms with van der Waals surface area (Å²) in [5.74, 6) is -2.51. The van der Waals surface area contributed by atoms with Crippen LogP contribution < -0.4 is 9.47 Å². The van der Waals surface area contributed by atoms with E-state index < -0.39 is 17.8 Å². The van der Waals surface area contributed by atoms with Crippen LogP contribution in [0, 0.1) is 5.82 Å². The van der Waals surface area contributed by atoms with E-state index in [1.54, 1.807) is 6.08 Å².